The van der Waals surface area contributed by atoms with Gasteiger partial charge in [0.15, 0.2) is 0 Å². The molecular formula is C13H14N2O2. The molecule has 4 heteroatoms. The van der Waals surface area contributed by atoms with Crippen LogP contribution in [-0.4, -0.2) is 29.2 Å². The fourth-order valence-electron chi connectivity index (χ4n) is 2.74. The minimum Gasteiger partial charge on any atom is -0.478 e. The number of para-hydroxylation sites is 1. The Balaban J connectivity index is 2.49. The number of likely N-dealkylation sites (N-methyl/N-ethyl adjacent to an activating group) is 1. The van der Waals surface area contributed by atoms with Gasteiger partial charge >= 0.3 is 5.97 Å². The van der Waals surface area contributed by atoms with Crippen LogP contribution in [-0.2, 0) is 6.54 Å². The van der Waals surface area contributed by atoms with Gasteiger partial charge in [-0.25, -0.2) is 4.79 Å². The summed E-state index contributed by atoms with van der Waals surface area (Å²) in [6, 6.07) is 5.86. The Morgan fingerprint density at radius 3 is 2.82 bits per heavy atom. The van der Waals surface area contributed by atoms with Gasteiger partial charge in [0.25, 0.3) is 0 Å². The highest BCUT2D eigenvalue weighted by molar-refractivity contribution is 6.08. The summed E-state index contributed by atoms with van der Waals surface area (Å²) in [5.74, 6) is -0.840. The average Bonchev–Trinajstić information content (AvgIpc) is 2.58. The van der Waals surface area contributed by atoms with E-state index in [-0.39, 0.29) is 0 Å². The molecule has 4 nitrogen and oxygen atoms in total. The van der Waals surface area contributed by atoms with E-state index in [2.05, 4.69) is 9.47 Å². The summed E-state index contributed by atoms with van der Waals surface area (Å²) >= 11 is 0. The monoisotopic (exact) mass is 230 g/mol. The van der Waals surface area contributed by atoms with Crippen LogP contribution in [0.5, 0.6) is 0 Å². The lowest BCUT2D eigenvalue weighted by Gasteiger charge is -2.27. The van der Waals surface area contributed by atoms with Crippen molar-refractivity contribution in [3.05, 3.63) is 29.5 Å². The van der Waals surface area contributed by atoms with Gasteiger partial charge in [0, 0.05) is 31.2 Å². The molecule has 1 N–H and O–H groups in total. The maximum atomic E-state index is 11.4. The van der Waals surface area contributed by atoms with E-state index >= 15 is 0 Å². The van der Waals surface area contributed by atoms with Crippen LogP contribution >= 0.6 is 0 Å². The van der Waals surface area contributed by atoms with Crippen molar-refractivity contribution in [2.75, 3.05) is 18.5 Å². The van der Waals surface area contributed by atoms with Gasteiger partial charge in [-0.3, -0.25) is 0 Å². The summed E-state index contributed by atoms with van der Waals surface area (Å²) in [7, 11) is 2.04. The topological polar surface area (TPSA) is 45.5 Å². The van der Waals surface area contributed by atoms with E-state index in [1.165, 1.54) is 0 Å². The van der Waals surface area contributed by atoms with Crippen LogP contribution in [0.3, 0.4) is 0 Å². The second-order valence-electron chi connectivity index (χ2n) is 4.51. The number of rotatable bonds is 1. The highest BCUT2D eigenvalue weighted by Gasteiger charge is 2.24. The first-order valence-corrected chi connectivity index (χ1v) is 5.67. The third-order valence-corrected chi connectivity index (χ3v) is 3.60. The van der Waals surface area contributed by atoms with Crippen molar-refractivity contribution in [1.29, 1.82) is 0 Å². The predicted octanol–water partition coefficient (Wildman–Crippen LogP) is 2.10. The summed E-state index contributed by atoms with van der Waals surface area (Å²) in [5.41, 5.74) is 3.46. The summed E-state index contributed by atoms with van der Waals surface area (Å²) < 4.78 is 2.12. The van der Waals surface area contributed by atoms with Crippen LogP contribution in [0.25, 0.3) is 10.9 Å². The Hall–Kier alpha value is -1.97. The number of carboxylic acid groups (broad SMARTS) is 1. The third kappa shape index (κ3) is 1.21. The standard InChI is InChI=1S/C13H14N2O2/c1-8-11(13(16)17)9-4-3-5-10-12(9)15(8)7-6-14(10)2/h3-5H,6-7H2,1-2H3,(H,16,17). The van der Waals surface area contributed by atoms with Crippen molar-refractivity contribution in [2.45, 2.75) is 13.5 Å². The first-order chi connectivity index (χ1) is 8.11. The number of nitrogens with zero attached hydrogens (tertiary/aromatic N) is 2. The number of carboxylic acids is 1. The van der Waals surface area contributed by atoms with Gasteiger partial charge in [-0.1, -0.05) is 12.1 Å². The normalized spacial score (nSPS) is 14.4. The van der Waals surface area contributed by atoms with Gasteiger partial charge in [0.2, 0.25) is 0 Å². The molecule has 0 radical (unpaired) electrons. The van der Waals surface area contributed by atoms with E-state index in [4.69, 9.17) is 0 Å². The molecule has 0 atom stereocenters. The Labute approximate surface area is 99.1 Å². The van der Waals surface area contributed by atoms with Crippen LogP contribution in [0.15, 0.2) is 18.2 Å². The molecule has 0 spiro atoms. The van der Waals surface area contributed by atoms with Crippen LogP contribution in [0.1, 0.15) is 16.1 Å². The molecule has 1 aromatic heterocycles. The Morgan fingerprint density at radius 2 is 2.12 bits per heavy atom. The highest BCUT2D eigenvalue weighted by atomic mass is 16.4. The van der Waals surface area contributed by atoms with Crippen LogP contribution in [0, 0.1) is 6.92 Å². The molecule has 17 heavy (non-hydrogen) atoms. The first-order valence-electron chi connectivity index (χ1n) is 5.67. The van der Waals surface area contributed by atoms with Crippen molar-refractivity contribution >= 4 is 22.6 Å². The van der Waals surface area contributed by atoms with E-state index in [9.17, 15) is 9.90 Å². The quantitative estimate of drug-likeness (QED) is 0.816. The molecule has 3 rings (SSSR count). The zero-order valence-corrected chi connectivity index (χ0v) is 9.90. The summed E-state index contributed by atoms with van der Waals surface area (Å²) in [6.07, 6.45) is 0. The molecule has 2 aromatic rings. The maximum absolute atomic E-state index is 11.4. The van der Waals surface area contributed by atoms with Crippen molar-refractivity contribution < 1.29 is 9.90 Å². The molecule has 1 aliphatic heterocycles. The highest BCUT2D eigenvalue weighted by Crippen LogP contribution is 2.35. The van der Waals surface area contributed by atoms with Crippen LogP contribution in [0.4, 0.5) is 5.69 Å². The van der Waals surface area contributed by atoms with E-state index in [1.54, 1.807) is 0 Å². The molecular weight excluding hydrogens is 216 g/mol. The third-order valence-electron chi connectivity index (χ3n) is 3.60. The smallest absolute Gasteiger partial charge is 0.338 e. The second kappa shape index (κ2) is 3.26. The minimum absolute atomic E-state index is 0.442. The largest absolute Gasteiger partial charge is 0.478 e. The number of hydrogen-bond acceptors (Lipinski definition) is 2. The van der Waals surface area contributed by atoms with E-state index in [0.717, 1.165) is 35.4 Å². The molecule has 0 saturated carbocycles. The first kappa shape index (κ1) is 10.2. The van der Waals surface area contributed by atoms with E-state index in [1.807, 2.05) is 32.2 Å². The lowest BCUT2D eigenvalue weighted by atomic mass is 10.1. The van der Waals surface area contributed by atoms with E-state index < -0.39 is 5.97 Å². The van der Waals surface area contributed by atoms with Gasteiger partial charge in [-0.05, 0) is 13.0 Å². The molecule has 88 valence electrons. The minimum atomic E-state index is -0.840. The molecule has 0 saturated heterocycles. The molecule has 1 aliphatic rings. The van der Waals surface area contributed by atoms with Crippen LogP contribution in [0.2, 0.25) is 0 Å². The molecule has 0 amide bonds. The SMILES string of the molecule is Cc1c(C(=O)O)c2cccc3c2n1CCN3C. The number of carbonyl (C=O) groups is 1. The Kier molecular flexibility index (Phi) is 1.96. The lowest BCUT2D eigenvalue weighted by molar-refractivity contribution is 0.0698. The Bertz CT molecular complexity index is 628. The van der Waals surface area contributed by atoms with Gasteiger partial charge in [0.1, 0.15) is 0 Å². The summed E-state index contributed by atoms with van der Waals surface area (Å²) in [5, 5.41) is 10.2. The molecule has 0 unspecified atom stereocenters. The average molecular weight is 230 g/mol. The Morgan fingerprint density at radius 1 is 1.35 bits per heavy atom. The number of anilines is 1. The predicted molar refractivity (Wildman–Crippen MR) is 66.9 cm³/mol. The summed E-state index contributed by atoms with van der Waals surface area (Å²) in [6.45, 7) is 3.66. The van der Waals surface area contributed by atoms with E-state index in [0.29, 0.717) is 5.56 Å². The lowest BCUT2D eigenvalue weighted by Crippen LogP contribution is -2.27. The molecule has 2 heterocycles. The number of aromatic carboxylic acids is 1. The zero-order valence-electron chi connectivity index (χ0n) is 9.90. The summed E-state index contributed by atoms with van der Waals surface area (Å²) in [4.78, 5) is 13.5. The van der Waals surface area contributed by atoms with Gasteiger partial charge in [-0.15, -0.1) is 0 Å². The van der Waals surface area contributed by atoms with Gasteiger partial charge in [0.05, 0.1) is 16.8 Å². The fourth-order valence-corrected chi connectivity index (χ4v) is 2.74. The molecule has 0 aliphatic carbocycles. The number of aromatic nitrogens is 1. The fraction of sp³-hybridized carbons (Fsp3) is 0.308. The molecule has 0 fully saturated rings. The molecule has 0 bridgehead atoms. The van der Waals surface area contributed by atoms with Crippen molar-refractivity contribution in [3.63, 3.8) is 0 Å². The van der Waals surface area contributed by atoms with Gasteiger partial charge < -0.3 is 14.6 Å². The van der Waals surface area contributed by atoms with Crippen LogP contribution < -0.4 is 4.90 Å². The van der Waals surface area contributed by atoms with Crippen molar-refractivity contribution in [1.82, 2.24) is 4.57 Å². The molecule has 1 aromatic carbocycles. The number of benzene rings is 1. The zero-order chi connectivity index (χ0) is 12.2. The van der Waals surface area contributed by atoms with Crippen molar-refractivity contribution in [2.24, 2.45) is 0 Å². The van der Waals surface area contributed by atoms with Gasteiger partial charge in [-0.2, -0.15) is 0 Å². The number of hydrogen-bond donors (Lipinski definition) is 1. The second-order valence-corrected chi connectivity index (χ2v) is 4.51. The van der Waals surface area contributed by atoms with Crippen molar-refractivity contribution in [3.8, 4) is 0 Å². The maximum Gasteiger partial charge on any atom is 0.338 e.